The Hall–Kier alpha value is -1.52. The molecule has 0 spiro atoms. The Morgan fingerprint density at radius 2 is 2.29 bits per heavy atom. The third-order valence-electron chi connectivity index (χ3n) is 3.91. The van der Waals surface area contributed by atoms with Crippen molar-refractivity contribution in [3.05, 3.63) is 6.33 Å². The van der Waals surface area contributed by atoms with Gasteiger partial charge in [-0.3, -0.25) is 0 Å². The lowest BCUT2D eigenvalue weighted by molar-refractivity contribution is 0.410. The van der Waals surface area contributed by atoms with Gasteiger partial charge in [-0.25, -0.2) is 9.97 Å². The summed E-state index contributed by atoms with van der Waals surface area (Å²) in [6.07, 6.45) is 5.57. The molecule has 0 amide bonds. The smallest absolute Gasteiger partial charge is 0.204 e. The van der Waals surface area contributed by atoms with Gasteiger partial charge < -0.3 is 15.0 Å². The van der Waals surface area contributed by atoms with Crippen LogP contribution < -0.4 is 15.0 Å². The maximum absolute atomic E-state index is 5.46. The second-order valence-corrected chi connectivity index (χ2v) is 4.81. The van der Waals surface area contributed by atoms with Crippen LogP contribution in [0.3, 0.4) is 0 Å². The van der Waals surface area contributed by atoms with Crippen LogP contribution in [0.2, 0.25) is 0 Å². The molecule has 1 aromatic rings. The van der Waals surface area contributed by atoms with Crippen molar-refractivity contribution in [1.82, 2.24) is 9.97 Å². The van der Waals surface area contributed by atoms with Crippen LogP contribution in [0.25, 0.3) is 0 Å². The predicted octanol–water partition coefficient (Wildman–Crippen LogP) is 1.52. The number of piperidine rings is 1. The summed E-state index contributed by atoms with van der Waals surface area (Å²) in [6, 6.07) is 0.647. The monoisotopic (exact) mass is 234 g/mol. The number of aromatic nitrogens is 2. The molecule has 1 saturated heterocycles. The molecule has 5 nitrogen and oxygen atoms in total. The highest BCUT2D eigenvalue weighted by Crippen LogP contribution is 2.43. The van der Waals surface area contributed by atoms with Crippen molar-refractivity contribution in [2.45, 2.75) is 25.3 Å². The zero-order valence-electron chi connectivity index (χ0n) is 10.3. The molecule has 2 fully saturated rings. The van der Waals surface area contributed by atoms with Crippen molar-refractivity contribution in [2.75, 3.05) is 30.9 Å². The third kappa shape index (κ3) is 1.61. The molecule has 2 bridgehead atoms. The summed E-state index contributed by atoms with van der Waals surface area (Å²) in [7, 11) is 3.53. The Morgan fingerprint density at radius 1 is 1.41 bits per heavy atom. The fourth-order valence-electron chi connectivity index (χ4n) is 3.12. The normalized spacial score (nSPS) is 26.4. The second kappa shape index (κ2) is 4.05. The summed E-state index contributed by atoms with van der Waals surface area (Å²) in [6.45, 7) is 1.11. The zero-order chi connectivity index (χ0) is 11.8. The maximum atomic E-state index is 5.46. The average Bonchev–Trinajstić information content (AvgIpc) is 2.99. The number of hydrogen-bond donors (Lipinski definition) is 1. The van der Waals surface area contributed by atoms with Gasteiger partial charge in [-0.2, -0.15) is 0 Å². The standard InChI is InChI=1S/C12H18N4O/c1-13-11-10(17-2)12(15-7-14-11)16-6-8-3-4-9(16)5-8/h7-9H,3-6H2,1-2H3,(H,13,14,15). The minimum atomic E-state index is 0.647. The van der Waals surface area contributed by atoms with E-state index in [1.54, 1.807) is 13.4 Å². The van der Waals surface area contributed by atoms with E-state index in [2.05, 4.69) is 20.2 Å². The van der Waals surface area contributed by atoms with Crippen molar-refractivity contribution in [3.63, 3.8) is 0 Å². The van der Waals surface area contributed by atoms with Gasteiger partial charge in [0, 0.05) is 19.6 Å². The van der Waals surface area contributed by atoms with Crippen LogP contribution in [0, 0.1) is 5.92 Å². The molecule has 2 heterocycles. The van der Waals surface area contributed by atoms with Gasteiger partial charge in [0.2, 0.25) is 5.75 Å². The van der Waals surface area contributed by atoms with E-state index in [9.17, 15) is 0 Å². The first kappa shape index (κ1) is 10.6. The quantitative estimate of drug-likeness (QED) is 0.859. The van der Waals surface area contributed by atoms with Crippen LogP contribution in [-0.2, 0) is 0 Å². The number of nitrogens with zero attached hydrogens (tertiary/aromatic N) is 3. The fourth-order valence-corrected chi connectivity index (χ4v) is 3.12. The first-order valence-electron chi connectivity index (χ1n) is 6.17. The van der Waals surface area contributed by atoms with E-state index >= 15 is 0 Å². The Kier molecular flexibility index (Phi) is 2.53. The highest BCUT2D eigenvalue weighted by molar-refractivity contribution is 5.65. The zero-order valence-corrected chi connectivity index (χ0v) is 10.3. The Morgan fingerprint density at radius 3 is 2.88 bits per heavy atom. The summed E-state index contributed by atoms with van der Waals surface area (Å²) >= 11 is 0. The number of anilines is 2. The topological polar surface area (TPSA) is 50.3 Å². The van der Waals surface area contributed by atoms with E-state index in [-0.39, 0.29) is 0 Å². The average molecular weight is 234 g/mol. The van der Waals surface area contributed by atoms with E-state index in [0.717, 1.165) is 29.8 Å². The lowest BCUT2D eigenvalue weighted by Gasteiger charge is -2.29. The number of nitrogens with one attached hydrogen (secondary N) is 1. The molecular weight excluding hydrogens is 216 g/mol. The molecule has 0 radical (unpaired) electrons. The van der Waals surface area contributed by atoms with Crippen molar-refractivity contribution >= 4 is 11.6 Å². The molecule has 1 aliphatic carbocycles. The predicted molar refractivity (Wildman–Crippen MR) is 66.6 cm³/mol. The largest absolute Gasteiger partial charge is 0.490 e. The van der Waals surface area contributed by atoms with Gasteiger partial charge in [0.15, 0.2) is 11.6 Å². The highest BCUT2D eigenvalue weighted by Gasteiger charge is 2.39. The van der Waals surface area contributed by atoms with Crippen LogP contribution in [0.1, 0.15) is 19.3 Å². The molecule has 2 aliphatic rings. The number of hydrogen-bond acceptors (Lipinski definition) is 5. The number of ether oxygens (including phenoxy) is 1. The van der Waals surface area contributed by atoms with Crippen LogP contribution in [0.15, 0.2) is 6.33 Å². The van der Waals surface area contributed by atoms with E-state index in [4.69, 9.17) is 4.74 Å². The van der Waals surface area contributed by atoms with Crippen LogP contribution in [0.4, 0.5) is 11.6 Å². The molecule has 0 aromatic carbocycles. The maximum Gasteiger partial charge on any atom is 0.204 e. The number of rotatable bonds is 3. The molecule has 5 heteroatoms. The number of fused-ring (bicyclic) bond motifs is 2. The molecule has 92 valence electrons. The molecule has 1 aliphatic heterocycles. The van der Waals surface area contributed by atoms with Gasteiger partial charge in [0.25, 0.3) is 0 Å². The first-order valence-corrected chi connectivity index (χ1v) is 6.17. The van der Waals surface area contributed by atoms with E-state index in [0.29, 0.717) is 6.04 Å². The van der Waals surface area contributed by atoms with E-state index in [1.807, 2.05) is 7.05 Å². The summed E-state index contributed by atoms with van der Waals surface area (Å²) in [5.74, 6) is 3.32. The molecule has 2 atom stereocenters. The molecule has 1 N–H and O–H groups in total. The van der Waals surface area contributed by atoms with Gasteiger partial charge in [-0.15, -0.1) is 0 Å². The summed E-state index contributed by atoms with van der Waals surface area (Å²) in [4.78, 5) is 11.0. The van der Waals surface area contributed by atoms with Gasteiger partial charge in [-0.05, 0) is 25.2 Å². The van der Waals surface area contributed by atoms with Crippen molar-refractivity contribution < 1.29 is 4.74 Å². The van der Waals surface area contributed by atoms with Gasteiger partial charge in [-0.1, -0.05) is 0 Å². The molecule has 17 heavy (non-hydrogen) atoms. The third-order valence-corrected chi connectivity index (χ3v) is 3.91. The summed E-state index contributed by atoms with van der Waals surface area (Å²) in [5.41, 5.74) is 0. The second-order valence-electron chi connectivity index (χ2n) is 4.81. The SMILES string of the molecule is CNc1ncnc(N2CC3CCC2C3)c1OC. The lowest BCUT2D eigenvalue weighted by Crippen LogP contribution is -2.33. The molecule has 3 rings (SSSR count). The van der Waals surface area contributed by atoms with Crippen molar-refractivity contribution in [3.8, 4) is 5.75 Å². The van der Waals surface area contributed by atoms with Gasteiger partial charge in [0.1, 0.15) is 6.33 Å². The molecular formula is C12H18N4O. The number of methoxy groups -OCH3 is 1. The summed E-state index contributed by atoms with van der Waals surface area (Å²) < 4.78 is 5.46. The van der Waals surface area contributed by atoms with Crippen molar-refractivity contribution in [2.24, 2.45) is 5.92 Å². The van der Waals surface area contributed by atoms with Crippen molar-refractivity contribution in [1.29, 1.82) is 0 Å². The first-order chi connectivity index (χ1) is 8.33. The molecule has 2 unspecified atom stereocenters. The minimum absolute atomic E-state index is 0.647. The Bertz CT molecular complexity index is 423. The fraction of sp³-hybridized carbons (Fsp3) is 0.667. The van der Waals surface area contributed by atoms with Gasteiger partial charge >= 0.3 is 0 Å². The van der Waals surface area contributed by atoms with Crippen LogP contribution in [0.5, 0.6) is 5.75 Å². The van der Waals surface area contributed by atoms with Crippen LogP contribution in [-0.4, -0.2) is 36.7 Å². The lowest BCUT2D eigenvalue weighted by atomic mass is 10.1. The Labute approximate surface area is 101 Å². The molecule has 1 aromatic heterocycles. The van der Waals surface area contributed by atoms with Crippen LogP contribution >= 0.6 is 0 Å². The van der Waals surface area contributed by atoms with E-state index in [1.165, 1.54) is 19.3 Å². The van der Waals surface area contributed by atoms with E-state index < -0.39 is 0 Å². The summed E-state index contributed by atoms with van der Waals surface area (Å²) in [5, 5.41) is 3.05. The Balaban J connectivity index is 1.97. The molecule has 1 saturated carbocycles. The minimum Gasteiger partial charge on any atom is -0.490 e. The van der Waals surface area contributed by atoms with Gasteiger partial charge in [0.05, 0.1) is 7.11 Å². The highest BCUT2D eigenvalue weighted by atomic mass is 16.5.